The van der Waals surface area contributed by atoms with E-state index in [2.05, 4.69) is 15.6 Å². The molecule has 0 saturated heterocycles. The number of fused-ring (bicyclic) bond motifs is 1. The maximum absolute atomic E-state index is 12.2. The van der Waals surface area contributed by atoms with Gasteiger partial charge >= 0.3 is 0 Å². The van der Waals surface area contributed by atoms with Crippen LogP contribution in [0.2, 0.25) is 5.02 Å². The molecule has 0 spiro atoms. The van der Waals surface area contributed by atoms with Crippen molar-refractivity contribution in [2.75, 3.05) is 18.4 Å². The maximum Gasteiger partial charge on any atom is 0.228 e. The number of carbonyl (C=O) groups is 1. The monoisotopic (exact) mass is 291 g/mol. The first kappa shape index (κ1) is 14.8. The summed E-state index contributed by atoms with van der Waals surface area (Å²) in [6.07, 6.45) is 1.70. The summed E-state index contributed by atoms with van der Waals surface area (Å²) in [7, 11) is 0. The van der Waals surface area contributed by atoms with E-state index in [1.54, 1.807) is 12.3 Å². The number of nitrogens with one attached hydrogen (secondary N) is 2. The van der Waals surface area contributed by atoms with Gasteiger partial charge in [-0.15, -0.1) is 0 Å². The van der Waals surface area contributed by atoms with Crippen molar-refractivity contribution in [3.63, 3.8) is 0 Å². The molecule has 0 radical (unpaired) electrons. The number of hydrogen-bond acceptors (Lipinski definition) is 3. The summed E-state index contributed by atoms with van der Waals surface area (Å²) in [5.74, 6) is -0.159. The molecule has 0 aliphatic carbocycles. The topological polar surface area (TPSA) is 54.0 Å². The number of hydrogen-bond donors (Lipinski definition) is 2. The van der Waals surface area contributed by atoms with Crippen molar-refractivity contribution in [1.29, 1.82) is 0 Å². The fraction of sp³-hybridized carbons (Fsp3) is 0.333. The Morgan fingerprint density at radius 2 is 2.25 bits per heavy atom. The van der Waals surface area contributed by atoms with Crippen molar-refractivity contribution in [3.05, 3.63) is 35.5 Å². The predicted octanol–water partition coefficient (Wildman–Crippen LogP) is 3.07. The Kier molecular flexibility index (Phi) is 4.93. The van der Waals surface area contributed by atoms with Gasteiger partial charge in [0.1, 0.15) is 0 Å². The van der Waals surface area contributed by atoms with Crippen molar-refractivity contribution in [2.45, 2.75) is 13.8 Å². The lowest BCUT2D eigenvalue weighted by Crippen LogP contribution is -2.30. The quantitative estimate of drug-likeness (QED) is 0.890. The van der Waals surface area contributed by atoms with Gasteiger partial charge < -0.3 is 10.6 Å². The third-order valence-electron chi connectivity index (χ3n) is 3.08. The minimum Gasteiger partial charge on any atom is -0.324 e. The van der Waals surface area contributed by atoms with Crippen LogP contribution < -0.4 is 10.6 Å². The number of benzene rings is 1. The van der Waals surface area contributed by atoms with Crippen LogP contribution in [0.3, 0.4) is 0 Å². The minimum absolute atomic E-state index is 0.0415. The lowest BCUT2D eigenvalue weighted by Gasteiger charge is -2.14. The first-order valence-corrected chi connectivity index (χ1v) is 7.05. The molecule has 1 amide bonds. The number of pyridine rings is 1. The highest BCUT2D eigenvalue weighted by Gasteiger charge is 2.14. The van der Waals surface area contributed by atoms with E-state index in [1.165, 1.54) is 0 Å². The van der Waals surface area contributed by atoms with E-state index in [0.29, 0.717) is 17.3 Å². The van der Waals surface area contributed by atoms with Gasteiger partial charge in [0, 0.05) is 29.1 Å². The number of nitrogens with zero attached hydrogens (tertiary/aromatic N) is 1. The molecule has 20 heavy (non-hydrogen) atoms. The third kappa shape index (κ3) is 3.46. The number of rotatable bonds is 5. The molecule has 1 aromatic carbocycles. The summed E-state index contributed by atoms with van der Waals surface area (Å²) in [5, 5.41) is 7.56. The molecule has 2 aromatic rings. The van der Waals surface area contributed by atoms with Crippen LogP contribution in [-0.2, 0) is 4.79 Å². The maximum atomic E-state index is 12.2. The summed E-state index contributed by atoms with van der Waals surface area (Å²) in [6.45, 7) is 5.39. The van der Waals surface area contributed by atoms with E-state index in [-0.39, 0.29) is 11.8 Å². The average Bonchev–Trinajstić information content (AvgIpc) is 2.44. The normalized spacial score (nSPS) is 12.3. The van der Waals surface area contributed by atoms with Gasteiger partial charge in [-0.25, -0.2) is 0 Å². The van der Waals surface area contributed by atoms with Gasteiger partial charge in [-0.3, -0.25) is 9.78 Å². The summed E-state index contributed by atoms with van der Waals surface area (Å²) >= 11 is 6.08. The fourth-order valence-electron chi connectivity index (χ4n) is 1.96. The van der Waals surface area contributed by atoms with Crippen LogP contribution in [0, 0.1) is 5.92 Å². The smallest absolute Gasteiger partial charge is 0.228 e. The molecule has 0 aliphatic heterocycles. The van der Waals surface area contributed by atoms with Crippen molar-refractivity contribution in [1.82, 2.24) is 10.3 Å². The van der Waals surface area contributed by atoms with Crippen LogP contribution in [0.1, 0.15) is 13.8 Å². The molecule has 2 rings (SSSR count). The first-order chi connectivity index (χ1) is 9.61. The van der Waals surface area contributed by atoms with Crippen LogP contribution in [0.15, 0.2) is 30.5 Å². The van der Waals surface area contributed by atoms with Crippen LogP contribution in [-0.4, -0.2) is 24.0 Å². The summed E-state index contributed by atoms with van der Waals surface area (Å²) in [4.78, 5) is 16.5. The second kappa shape index (κ2) is 6.68. The Morgan fingerprint density at radius 1 is 1.45 bits per heavy atom. The summed E-state index contributed by atoms with van der Waals surface area (Å²) in [6, 6.07) is 7.33. The van der Waals surface area contributed by atoms with Crippen molar-refractivity contribution < 1.29 is 4.79 Å². The van der Waals surface area contributed by atoms with Crippen LogP contribution >= 0.6 is 11.6 Å². The van der Waals surface area contributed by atoms with Gasteiger partial charge in [0.2, 0.25) is 5.91 Å². The Morgan fingerprint density at radius 3 is 3.00 bits per heavy atom. The number of aromatic nitrogens is 1. The van der Waals surface area contributed by atoms with Gasteiger partial charge in [0.15, 0.2) is 0 Å². The van der Waals surface area contributed by atoms with E-state index in [9.17, 15) is 4.79 Å². The molecule has 0 bridgehead atoms. The molecule has 1 aromatic heterocycles. The van der Waals surface area contributed by atoms with Crippen molar-refractivity contribution in [2.24, 2.45) is 5.92 Å². The van der Waals surface area contributed by atoms with Gasteiger partial charge in [-0.2, -0.15) is 0 Å². The van der Waals surface area contributed by atoms with E-state index in [1.807, 2.05) is 32.0 Å². The zero-order valence-electron chi connectivity index (χ0n) is 11.6. The summed E-state index contributed by atoms with van der Waals surface area (Å²) in [5.41, 5.74) is 1.40. The lowest BCUT2D eigenvalue weighted by atomic mass is 10.1. The molecule has 0 saturated carbocycles. The molecule has 4 nitrogen and oxygen atoms in total. The van der Waals surface area contributed by atoms with Gasteiger partial charge in [-0.1, -0.05) is 31.5 Å². The van der Waals surface area contributed by atoms with E-state index < -0.39 is 0 Å². The highest BCUT2D eigenvalue weighted by molar-refractivity contribution is 6.32. The molecule has 1 unspecified atom stereocenters. The SMILES string of the molecule is CCNCC(C)C(=O)Nc1cc(Cl)cc2cccnc12. The molecule has 2 N–H and O–H groups in total. The second-order valence-electron chi connectivity index (χ2n) is 4.73. The highest BCUT2D eigenvalue weighted by atomic mass is 35.5. The lowest BCUT2D eigenvalue weighted by molar-refractivity contribution is -0.119. The zero-order chi connectivity index (χ0) is 14.5. The second-order valence-corrected chi connectivity index (χ2v) is 5.16. The Balaban J connectivity index is 2.23. The molecule has 1 atom stereocenters. The van der Waals surface area contributed by atoms with Gasteiger partial charge in [-0.05, 0) is 24.7 Å². The van der Waals surface area contributed by atoms with Gasteiger partial charge in [0.05, 0.1) is 11.2 Å². The molecular formula is C15H18ClN3O. The zero-order valence-corrected chi connectivity index (χ0v) is 12.4. The highest BCUT2D eigenvalue weighted by Crippen LogP contribution is 2.26. The molecule has 1 heterocycles. The minimum atomic E-state index is -0.118. The predicted molar refractivity (Wildman–Crippen MR) is 83.1 cm³/mol. The van der Waals surface area contributed by atoms with Crippen molar-refractivity contribution in [3.8, 4) is 0 Å². The Bertz CT molecular complexity index is 615. The Hall–Kier alpha value is -1.65. The first-order valence-electron chi connectivity index (χ1n) is 6.67. The molecule has 106 valence electrons. The van der Waals surface area contributed by atoms with Crippen LogP contribution in [0.4, 0.5) is 5.69 Å². The number of anilines is 1. The third-order valence-corrected chi connectivity index (χ3v) is 3.29. The average molecular weight is 292 g/mol. The van der Waals surface area contributed by atoms with Crippen LogP contribution in [0.25, 0.3) is 10.9 Å². The largest absolute Gasteiger partial charge is 0.324 e. The number of halogens is 1. The van der Waals surface area contributed by atoms with E-state index >= 15 is 0 Å². The standard InChI is InChI=1S/C15H18ClN3O/c1-3-17-9-10(2)15(20)19-13-8-12(16)7-11-5-4-6-18-14(11)13/h4-8,10,17H,3,9H2,1-2H3,(H,19,20). The van der Waals surface area contributed by atoms with Crippen molar-refractivity contribution >= 4 is 34.1 Å². The number of carbonyl (C=O) groups excluding carboxylic acids is 1. The molecular weight excluding hydrogens is 274 g/mol. The Labute approximate surface area is 123 Å². The molecule has 0 fully saturated rings. The number of amides is 1. The molecule has 0 aliphatic rings. The van der Waals surface area contributed by atoms with Crippen LogP contribution in [0.5, 0.6) is 0 Å². The van der Waals surface area contributed by atoms with Gasteiger partial charge in [0.25, 0.3) is 0 Å². The molecule has 5 heteroatoms. The summed E-state index contributed by atoms with van der Waals surface area (Å²) < 4.78 is 0. The van der Waals surface area contributed by atoms with E-state index in [0.717, 1.165) is 17.4 Å². The van der Waals surface area contributed by atoms with E-state index in [4.69, 9.17) is 11.6 Å². The fourth-order valence-corrected chi connectivity index (χ4v) is 2.19.